The van der Waals surface area contributed by atoms with Crippen molar-refractivity contribution < 1.29 is 19.7 Å². The highest BCUT2D eigenvalue weighted by atomic mass is 16.5. The lowest BCUT2D eigenvalue weighted by Gasteiger charge is -2.25. The number of aromatic hydroxyl groups is 2. The van der Waals surface area contributed by atoms with Crippen LogP contribution in [-0.4, -0.2) is 29.0 Å². The minimum atomic E-state index is -0.0128. The molecule has 1 aliphatic rings. The molecule has 0 saturated heterocycles. The summed E-state index contributed by atoms with van der Waals surface area (Å²) in [4.78, 5) is 0. The van der Waals surface area contributed by atoms with Gasteiger partial charge in [0.25, 0.3) is 0 Å². The van der Waals surface area contributed by atoms with Gasteiger partial charge >= 0.3 is 0 Å². The summed E-state index contributed by atoms with van der Waals surface area (Å²) in [5.41, 5.74) is 4.23. The zero-order valence-electron chi connectivity index (χ0n) is 14.4. The molecule has 5 heteroatoms. The molecule has 0 spiro atoms. The molecule has 130 valence electrons. The van der Waals surface area contributed by atoms with Gasteiger partial charge < -0.3 is 24.3 Å². The Bertz CT molecular complexity index is 1210. The number of phenolic OH excluding ortho intramolecular Hbond substituents is 2. The second-order valence-electron chi connectivity index (χ2n) is 6.42. The Kier molecular flexibility index (Phi) is 2.92. The number of ether oxygens (including phenoxy) is 2. The number of hydrogen-bond donors (Lipinski definition) is 2. The van der Waals surface area contributed by atoms with Gasteiger partial charge in [-0.05, 0) is 6.07 Å². The predicted molar refractivity (Wildman–Crippen MR) is 100 cm³/mol. The molecular weight excluding hydrogens is 330 g/mol. The molecule has 1 aromatic heterocycles. The van der Waals surface area contributed by atoms with E-state index in [9.17, 15) is 10.2 Å². The van der Waals surface area contributed by atoms with Crippen molar-refractivity contribution in [2.24, 2.45) is 0 Å². The Hall–Kier alpha value is -3.34. The molecule has 5 rings (SSSR count). The Morgan fingerprint density at radius 2 is 1.54 bits per heavy atom. The van der Waals surface area contributed by atoms with Gasteiger partial charge in [0.05, 0.1) is 26.3 Å². The summed E-state index contributed by atoms with van der Waals surface area (Å²) in [6, 6.07) is 14.2. The van der Waals surface area contributed by atoms with Crippen LogP contribution in [0.4, 0.5) is 0 Å². The molecule has 4 aromatic rings. The molecule has 2 N–H and O–H groups in total. The first-order valence-electron chi connectivity index (χ1n) is 8.36. The van der Waals surface area contributed by atoms with E-state index in [0.717, 1.165) is 27.4 Å². The van der Waals surface area contributed by atoms with Crippen LogP contribution in [-0.2, 0) is 6.54 Å². The van der Waals surface area contributed by atoms with Gasteiger partial charge in [0, 0.05) is 33.0 Å². The van der Waals surface area contributed by atoms with Crippen molar-refractivity contribution in [2.75, 3.05) is 14.2 Å². The number of methoxy groups -OCH3 is 2. The van der Waals surface area contributed by atoms with Crippen molar-refractivity contribution >= 4 is 21.8 Å². The van der Waals surface area contributed by atoms with E-state index in [4.69, 9.17) is 9.47 Å². The van der Waals surface area contributed by atoms with E-state index < -0.39 is 0 Å². The van der Waals surface area contributed by atoms with E-state index in [1.54, 1.807) is 0 Å². The summed E-state index contributed by atoms with van der Waals surface area (Å²) in [7, 11) is 2.90. The number of para-hydroxylation sites is 2. The minimum absolute atomic E-state index is 0.00224. The van der Waals surface area contributed by atoms with Crippen LogP contribution in [0, 0.1) is 0 Å². The zero-order valence-corrected chi connectivity index (χ0v) is 14.4. The molecule has 0 saturated carbocycles. The Morgan fingerprint density at radius 3 is 2.31 bits per heavy atom. The molecule has 0 aliphatic carbocycles. The summed E-state index contributed by atoms with van der Waals surface area (Å²) in [5, 5.41) is 24.0. The summed E-state index contributed by atoms with van der Waals surface area (Å²) in [6.45, 7) is 0.441. The number of fused-ring (bicyclic) bond motifs is 5. The van der Waals surface area contributed by atoms with E-state index in [1.807, 2.05) is 24.3 Å². The SMILES string of the molecule is COc1c(O)c2c(c(O)c1OC)-c1cccc3c4ccccc4n(c13)C2. The third kappa shape index (κ3) is 1.65. The smallest absolute Gasteiger partial charge is 0.207 e. The van der Waals surface area contributed by atoms with Crippen LogP contribution >= 0.6 is 0 Å². The first-order chi connectivity index (χ1) is 12.7. The zero-order chi connectivity index (χ0) is 18.0. The molecule has 0 amide bonds. The number of aromatic nitrogens is 1. The summed E-state index contributed by atoms with van der Waals surface area (Å²) in [5.74, 6) is 0.278. The van der Waals surface area contributed by atoms with E-state index in [0.29, 0.717) is 17.7 Å². The number of benzene rings is 3. The number of hydrogen-bond acceptors (Lipinski definition) is 4. The molecule has 5 nitrogen and oxygen atoms in total. The lowest BCUT2D eigenvalue weighted by atomic mass is 9.92. The quantitative estimate of drug-likeness (QED) is 0.469. The van der Waals surface area contributed by atoms with Gasteiger partial charge in [-0.25, -0.2) is 0 Å². The van der Waals surface area contributed by atoms with Crippen molar-refractivity contribution in [3.8, 4) is 34.1 Å². The van der Waals surface area contributed by atoms with Crippen LogP contribution < -0.4 is 9.47 Å². The first kappa shape index (κ1) is 15.0. The lowest BCUT2D eigenvalue weighted by molar-refractivity contribution is 0.315. The van der Waals surface area contributed by atoms with Gasteiger partial charge in [-0.15, -0.1) is 0 Å². The maximum atomic E-state index is 10.9. The van der Waals surface area contributed by atoms with E-state index >= 15 is 0 Å². The van der Waals surface area contributed by atoms with Crippen LogP contribution in [0.15, 0.2) is 42.5 Å². The first-order valence-corrected chi connectivity index (χ1v) is 8.36. The maximum Gasteiger partial charge on any atom is 0.207 e. The monoisotopic (exact) mass is 347 g/mol. The molecule has 2 heterocycles. The van der Waals surface area contributed by atoms with Gasteiger partial charge in [-0.3, -0.25) is 0 Å². The van der Waals surface area contributed by atoms with Gasteiger partial charge in [-0.1, -0.05) is 36.4 Å². The Balaban J connectivity index is 1.99. The normalized spacial score (nSPS) is 12.4. The van der Waals surface area contributed by atoms with Crippen molar-refractivity contribution in [2.45, 2.75) is 6.54 Å². The molecule has 0 radical (unpaired) electrons. The molecule has 0 fully saturated rings. The third-order valence-corrected chi connectivity index (χ3v) is 5.25. The highest BCUT2D eigenvalue weighted by Gasteiger charge is 2.31. The fraction of sp³-hybridized carbons (Fsp3) is 0.143. The fourth-order valence-corrected chi connectivity index (χ4v) is 4.18. The van der Waals surface area contributed by atoms with Gasteiger partial charge in [-0.2, -0.15) is 0 Å². The van der Waals surface area contributed by atoms with Crippen molar-refractivity contribution in [3.05, 3.63) is 48.0 Å². The molecular formula is C21H17NO4. The largest absolute Gasteiger partial charge is 0.504 e. The standard InChI is InChI=1S/C21H17NO4/c1-25-20-18(23)14-10-22-15-9-4-3-6-11(15)12-7-5-8-13(17(12)22)16(14)19(24)21(20)26-2/h3-9,23-24H,10H2,1-2H3. The topological polar surface area (TPSA) is 63.9 Å². The van der Waals surface area contributed by atoms with Crippen molar-refractivity contribution in [1.29, 1.82) is 0 Å². The summed E-state index contributed by atoms with van der Waals surface area (Å²) in [6.07, 6.45) is 0. The molecule has 3 aromatic carbocycles. The third-order valence-electron chi connectivity index (χ3n) is 5.25. The van der Waals surface area contributed by atoms with Crippen LogP contribution in [0.1, 0.15) is 5.56 Å². The molecule has 1 aliphatic heterocycles. The predicted octanol–water partition coefficient (Wildman–Crippen LogP) is 4.25. The van der Waals surface area contributed by atoms with E-state index in [-0.39, 0.29) is 23.0 Å². The number of rotatable bonds is 2. The average molecular weight is 347 g/mol. The summed E-state index contributed by atoms with van der Waals surface area (Å²) >= 11 is 0. The highest BCUT2D eigenvalue weighted by Crippen LogP contribution is 2.55. The van der Waals surface area contributed by atoms with Gasteiger partial charge in [0.1, 0.15) is 0 Å². The molecule has 0 unspecified atom stereocenters. The summed E-state index contributed by atoms with van der Waals surface area (Å²) < 4.78 is 12.8. The number of phenols is 2. The van der Waals surface area contributed by atoms with Gasteiger partial charge in [0.2, 0.25) is 11.5 Å². The van der Waals surface area contributed by atoms with Gasteiger partial charge in [0.15, 0.2) is 11.5 Å². The van der Waals surface area contributed by atoms with Crippen molar-refractivity contribution in [3.63, 3.8) is 0 Å². The van der Waals surface area contributed by atoms with Crippen molar-refractivity contribution in [1.82, 2.24) is 4.57 Å². The lowest BCUT2D eigenvalue weighted by Crippen LogP contribution is -2.09. The number of nitrogens with zero attached hydrogens (tertiary/aromatic N) is 1. The fourth-order valence-electron chi connectivity index (χ4n) is 4.18. The van der Waals surface area contributed by atoms with Crippen LogP contribution in [0.3, 0.4) is 0 Å². The Labute approximate surface area is 149 Å². The second-order valence-corrected chi connectivity index (χ2v) is 6.42. The maximum absolute atomic E-state index is 10.9. The average Bonchev–Trinajstić information content (AvgIpc) is 3.00. The van der Waals surface area contributed by atoms with Crippen LogP contribution in [0.5, 0.6) is 23.0 Å². The van der Waals surface area contributed by atoms with E-state index in [2.05, 4.69) is 22.8 Å². The second kappa shape index (κ2) is 5.08. The van der Waals surface area contributed by atoms with E-state index in [1.165, 1.54) is 14.2 Å². The molecule has 0 bridgehead atoms. The molecule has 0 atom stereocenters. The minimum Gasteiger partial charge on any atom is -0.504 e. The molecule has 26 heavy (non-hydrogen) atoms. The highest BCUT2D eigenvalue weighted by molar-refractivity contribution is 6.14. The van der Waals surface area contributed by atoms with Crippen LogP contribution in [0.25, 0.3) is 32.9 Å². The van der Waals surface area contributed by atoms with Crippen LogP contribution in [0.2, 0.25) is 0 Å². The Morgan fingerprint density at radius 1 is 0.846 bits per heavy atom.